The number of aryl methyl sites for hydroxylation is 1. The van der Waals surface area contributed by atoms with Gasteiger partial charge >= 0.3 is 0 Å². The Labute approximate surface area is 144 Å². The molecule has 0 radical (unpaired) electrons. The third kappa shape index (κ3) is 2.40. The van der Waals surface area contributed by atoms with Gasteiger partial charge in [0, 0.05) is 35.8 Å². The van der Waals surface area contributed by atoms with E-state index in [9.17, 15) is 0 Å². The lowest BCUT2D eigenvalue weighted by Gasteiger charge is -2.07. The molecule has 1 saturated heterocycles. The fourth-order valence-electron chi connectivity index (χ4n) is 3.23. The molecule has 1 unspecified atom stereocenters. The van der Waals surface area contributed by atoms with Crippen LogP contribution in [-0.4, -0.2) is 32.3 Å². The normalized spacial score (nSPS) is 18.2. The predicted octanol–water partition coefficient (Wildman–Crippen LogP) is 3.47. The minimum atomic E-state index is -0.0382. The van der Waals surface area contributed by atoms with E-state index in [1.165, 1.54) is 10.9 Å². The molecule has 0 aliphatic carbocycles. The van der Waals surface area contributed by atoms with Crippen molar-refractivity contribution in [1.82, 2.24) is 19.4 Å². The number of benzene rings is 1. The Morgan fingerprint density at radius 3 is 3.04 bits per heavy atom. The Kier molecular flexibility index (Phi) is 3.82. The first kappa shape index (κ1) is 15.3. The minimum absolute atomic E-state index is 0.0382. The zero-order valence-corrected chi connectivity index (χ0v) is 14.5. The third-order valence-corrected chi connectivity index (χ3v) is 4.91. The highest BCUT2D eigenvalue weighted by molar-refractivity contribution is 7.71. The number of aromatic nitrogens is 4. The Morgan fingerprint density at radius 2 is 2.25 bits per heavy atom. The summed E-state index contributed by atoms with van der Waals surface area (Å²) >= 11 is 5.33. The van der Waals surface area contributed by atoms with Crippen molar-refractivity contribution in [2.24, 2.45) is 12.1 Å². The van der Waals surface area contributed by atoms with Crippen LogP contribution >= 0.6 is 12.2 Å². The molecule has 2 aromatic heterocycles. The molecule has 1 aliphatic rings. The molecule has 1 atom stereocenters. The van der Waals surface area contributed by atoms with Crippen molar-refractivity contribution < 1.29 is 4.74 Å². The predicted molar refractivity (Wildman–Crippen MR) is 96.0 cm³/mol. The Balaban J connectivity index is 1.78. The molecule has 3 aromatic rings. The molecule has 0 saturated carbocycles. The van der Waals surface area contributed by atoms with Crippen LogP contribution in [0.4, 0.5) is 0 Å². The highest BCUT2D eigenvalue weighted by Gasteiger charge is 2.23. The third-order valence-electron chi connectivity index (χ3n) is 4.64. The van der Waals surface area contributed by atoms with Crippen molar-refractivity contribution >= 4 is 29.3 Å². The van der Waals surface area contributed by atoms with Crippen LogP contribution in [0, 0.1) is 11.7 Å². The molecule has 7 heteroatoms. The molecule has 1 N–H and O–H groups in total. The number of para-hydroxylation sites is 1. The molecule has 6 nitrogen and oxygen atoms in total. The maximum Gasteiger partial charge on any atom is 0.216 e. The van der Waals surface area contributed by atoms with Gasteiger partial charge in [-0.3, -0.25) is 5.10 Å². The van der Waals surface area contributed by atoms with E-state index in [1.54, 1.807) is 4.68 Å². The first-order chi connectivity index (χ1) is 11.7. The van der Waals surface area contributed by atoms with E-state index in [0.29, 0.717) is 4.77 Å². The molecular weight excluding hydrogens is 322 g/mol. The number of hydrogen-bond acceptors (Lipinski definition) is 4. The maximum atomic E-state index is 5.72. The summed E-state index contributed by atoms with van der Waals surface area (Å²) in [5, 5.41) is 12.9. The van der Waals surface area contributed by atoms with Gasteiger partial charge < -0.3 is 9.30 Å². The largest absolute Gasteiger partial charge is 0.370 e. The standard InChI is InChI=1S/C17H19N5OS/c1-11-13(12-6-3-4-7-14(12)21(11)2)10-18-22-16(19-20-17(22)24)15-8-5-9-23-15/h3-4,6-7,10,15H,5,8-9H2,1-2H3,(H,20,24)/b18-10-. The molecule has 124 valence electrons. The molecule has 24 heavy (non-hydrogen) atoms. The second kappa shape index (κ2) is 5.99. The van der Waals surface area contributed by atoms with Crippen molar-refractivity contribution in [2.75, 3.05) is 6.61 Å². The second-order valence-corrected chi connectivity index (χ2v) is 6.41. The van der Waals surface area contributed by atoms with Crippen LogP contribution in [0.2, 0.25) is 0 Å². The van der Waals surface area contributed by atoms with E-state index in [1.807, 2.05) is 18.3 Å². The maximum absolute atomic E-state index is 5.72. The highest BCUT2D eigenvalue weighted by Crippen LogP contribution is 2.27. The quantitative estimate of drug-likeness (QED) is 0.586. The lowest BCUT2D eigenvalue weighted by Crippen LogP contribution is -2.05. The summed E-state index contributed by atoms with van der Waals surface area (Å²) < 4.78 is 10.0. The van der Waals surface area contributed by atoms with Crippen LogP contribution in [0.1, 0.15) is 36.0 Å². The van der Waals surface area contributed by atoms with Crippen LogP contribution < -0.4 is 0 Å². The van der Waals surface area contributed by atoms with E-state index in [0.717, 1.165) is 36.5 Å². The van der Waals surface area contributed by atoms with Crippen LogP contribution in [0.5, 0.6) is 0 Å². The Morgan fingerprint density at radius 1 is 1.42 bits per heavy atom. The fraction of sp³-hybridized carbons (Fsp3) is 0.353. The summed E-state index contributed by atoms with van der Waals surface area (Å²) in [4.78, 5) is 0. The molecule has 1 aromatic carbocycles. The van der Waals surface area contributed by atoms with Gasteiger partial charge in [0.1, 0.15) is 6.10 Å². The van der Waals surface area contributed by atoms with E-state index in [-0.39, 0.29) is 6.10 Å². The van der Waals surface area contributed by atoms with E-state index in [2.05, 4.69) is 46.0 Å². The smallest absolute Gasteiger partial charge is 0.216 e. The monoisotopic (exact) mass is 341 g/mol. The Hall–Kier alpha value is -2.25. The summed E-state index contributed by atoms with van der Waals surface area (Å²) in [7, 11) is 2.07. The number of nitrogens with one attached hydrogen (secondary N) is 1. The van der Waals surface area contributed by atoms with Crippen molar-refractivity contribution in [2.45, 2.75) is 25.9 Å². The van der Waals surface area contributed by atoms with Gasteiger partial charge in [0.05, 0.1) is 6.21 Å². The summed E-state index contributed by atoms with van der Waals surface area (Å²) in [6.45, 7) is 2.85. The Bertz CT molecular complexity index is 975. The average Bonchev–Trinajstić information content (AvgIpc) is 3.29. The lowest BCUT2D eigenvalue weighted by molar-refractivity contribution is 0.102. The second-order valence-electron chi connectivity index (χ2n) is 6.02. The van der Waals surface area contributed by atoms with Gasteiger partial charge in [0.15, 0.2) is 5.82 Å². The van der Waals surface area contributed by atoms with Crippen LogP contribution in [0.3, 0.4) is 0 Å². The number of ether oxygens (including phenoxy) is 1. The van der Waals surface area contributed by atoms with E-state index >= 15 is 0 Å². The molecular formula is C17H19N5OS. The number of nitrogens with zero attached hydrogens (tertiary/aromatic N) is 4. The van der Waals surface area contributed by atoms with Crippen molar-refractivity contribution in [3.05, 3.63) is 46.1 Å². The van der Waals surface area contributed by atoms with E-state index in [4.69, 9.17) is 17.0 Å². The summed E-state index contributed by atoms with van der Waals surface area (Å²) in [6, 6.07) is 8.31. The average molecular weight is 341 g/mol. The molecule has 0 bridgehead atoms. The first-order valence-electron chi connectivity index (χ1n) is 8.04. The number of fused-ring (bicyclic) bond motifs is 1. The topological polar surface area (TPSA) is 60.1 Å². The van der Waals surface area contributed by atoms with Gasteiger partial charge in [-0.2, -0.15) is 14.9 Å². The molecule has 4 rings (SSSR count). The SMILES string of the molecule is Cc1c(/C=N\n2c(C3CCCO3)n[nH]c2=S)c2ccccc2n1C. The van der Waals surface area contributed by atoms with Gasteiger partial charge in [-0.25, -0.2) is 0 Å². The van der Waals surface area contributed by atoms with Gasteiger partial charge in [-0.15, -0.1) is 0 Å². The zero-order valence-electron chi connectivity index (χ0n) is 13.7. The molecule has 3 heterocycles. The van der Waals surface area contributed by atoms with E-state index < -0.39 is 0 Å². The number of rotatable bonds is 3. The van der Waals surface area contributed by atoms with Gasteiger partial charge in [-0.05, 0) is 38.0 Å². The first-order valence-corrected chi connectivity index (χ1v) is 8.45. The number of H-pyrrole nitrogens is 1. The van der Waals surface area contributed by atoms with Crippen molar-refractivity contribution in [3.63, 3.8) is 0 Å². The van der Waals surface area contributed by atoms with Crippen molar-refractivity contribution in [3.8, 4) is 0 Å². The minimum Gasteiger partial charge on any atom is -0.370 e. The van der Waals surface area contributed by atoms with Gasteiger partial charge in [-0.1, -0.05) is 18.2 Å². The number of hydrogen-bond donors (Lipinski definition) is 1. The number of aromatic amines is 1. The fourth-order valence-corrected chi connectivity index (χ4v) is 3.42. The van der Waals surface area contributed by atoms with Crippen molar-refractivity contribution in [1.29, 1.82) is 0 Å². The van der Waals surface area contributed by atoms with Crippen LogP contribution in [0.15, 0.2) is 29.4 Å². The summed E-state index contributed by atoms with van der Waals surface area (Å²) in [5.41, 5.74) is 3.44. The zero-order chi connectivity index (χ0) is 16.7. The van der Waals surface area contributed by atoms with Crippen LogP contribution in [-0.2, 0) is 11.8 Å². The molecule has 0 amide bonds. The molecule has 0 spiro atoms. The van der Waals surface area contributed by atoms with Gasteiger partial charge in [0.2, 0.25) is 4.77 Å². The molecule has 1 fully saturated rings. The van der Waals surface area contributed by atoms with Crippen LogP contribution in [0.25, 0.3) is 10.9 Å². The van der Waals surface area contributed by atoms with Gasteiger partial charge in [0.25, 0.3) is 0 Å². The summed E-state index contributed by atoms with van der Waals surface area (Å²) in [6.07, 6.45) is 3.81. The highest BCUT2D eigenvalue weighted by atomic mass is 32.1. The molecule has 1 aliphatic heterocycles. The summed E-state index contributed by atoms with van der Waals surface area (Å²) in [5.74, 6) is 0.742. The lowest BCUT2D eigenvalue weighted by atomic mass is 10.1.